The highest BCUT2D eigenvalue weighted by Gasteiger charge is 2.09. The summed E-state index contributed by atoms with van der Waals surface area (Å²) >= 11 is 3.41. The average molecular weight is 348 g/mol. The summed E-state index contributed by atoms with van der Waals surface area (Å²) in [5, 5.41) is 18.3. The van der Waals surface area contributed by atoms with Crippen molar-refractivity contribution in [1.82, 2.24) is 0 Å². The minimum absolute atomic E-state index is 0.0918. The van der Waals surface area contributed by atoms with Crippen LogP contribution in [0.5, 0.6) is 11.5 Å². The fourth-order valence-electron chi connectivity index (χ4n) is 1.91. The Morgan fingerprint density at radius 3 is 2.76 bits per heavy atom. The Morgan fingerprint density at radius 2 is 2.10 bits per heavy atom. The van der Waals surface area contributed by atoms with Crippen LogP contribution in [0.2, 0.25) is 0 Å². The van der Waals surface area contributed by atoms with E-state index in [1.807, 2.05) is 18.2 Å². The number of aliphatic hydroxyl groups is 1. The molecule has 1 N–H and O–H groups in total. The number of para-hydroxylation sites is 1. The van der Waals surface area contributed by atoms with Crippen molar-refractivity contribution in [2.75, 3.05) is 7.11 Å². The number of benzene rings is 2. The number of hydrogen-bond acceptors (Lipinski definition) is 4. The minimum atomic E-state index is -0.0918. The third-order valence-electron chi connectivity index (χ3n) is 2.99. The summed E-state index contributed by atoms with van der Waals surface area (Å²) in [6.45, 7) is 0.225. The molecule has 0 bridgehead atoms. The molecule has 0 spiro atoms. The lowest BCUT2D eigenvalue weighted by molar-refractivity contribution is 0.258. The second-order valence-corrected chi connectivity index (χ2v) is 5.18. The first kappa shape index (κ1) is 15.4. The van der Waals surface area contributed by atoms with Crippen LogP contribution in [0.1, 0.15) is 16.7 Å². The molecule has 0 heterocycles. The Kier molecular flexibility index (Phi) is 5.20. The molecule has 0 aliphatic carbocycles. The maximum absolute atomic E-state index is 9.33. The van der Waals surface area contributed by atoms with Crippen molar-refractivity contribution in [3.05, 3.63) is 57.6 Å². The zero-order chi connectivity index (χ0) is 15.2. The number of nitrogens with zero attached hydrogens (tertiary/aromatic N) is 1. The van der Waals surface area contributed by atoms with E-state index in [4.69, 9.17) is 14.7 Å². The molecule has 0 atom stereocenters. The third kappa shape index (κ3) is 3.54. The van der Waals surface area contributed by atoms with E-state index in [1.165, 1.54) is 7.11 Å². The SMILES string of the molecule is COc1cc(COc2c(Br)cccc2CO)ccc1C#N. The fourth-order valence-corrected chi connectivity index (χ4v) is 2.43. The van der Waals surface area contributed by atoms with Crippen LogP contribution in [-0.4, -0.2) is 12.2 Å². The van der Waals surface area contributed by atoms with Gasteiger partial charge in [-0.15, -0.1) is 0 Å². The predicted octanol–water partition coefficient (Wildman–Crippen LogP) is 3.40. The van der Waals surface area contributed by atoms with Crippen LogP contribution in [-0.2, 0) is 13.2 Å². The highest BCUT2D eigenvalue weighted by molar-refractivity contribution is 9.10. The van der Waals surface area contributed by atoms with Crippen molar-refractivity contribution in [1.29, 1.82) is 5.26 Å². The number of aliphatic hydroxyl groups excluding tert-OH is 1. The van der Waals surface area contributed by atoms with Crippen LogP contribution in [0.4, 0.5) is 0 Å². The first-order valence-electron chi connectivity index (χ1n) is 6.27. The van der Waals surface area contributed by atoms with Gasteiger partial charge in [0.25, 0.3) is 0 Å². The Morgan fingerprint density at radius 1 is 1.29 bits per heavy atom. The summed E-state index contributed by atoms with van der Waals surface area (Å²) in [7, 11) is 1.53. The number of methoxy groups -OCH3 is 1. The molecule has 4 nitrogen and oxygen atoms in total. The standard InChI is InChI=1S/C16H14BrNO3/c1-20-15-7-11(5-6-12(15)8-18)10-21-16-13(9-19)3-2-4-14(16)17/h2-7,19H,9-10H2,1H3. The molecule has 0 aliphatic heterocycles. The lowest BCUT2D eigenvalue weighted by atomic mass is 10.1. The molecule has 108 valence electrons. The van der Waals surface area contributed by atoms with E-state index in [0.717, 1.165) is 10.0 Å². The fraction of sp³-hybridized carbons (Fsp3) is 0.188. The van der Waals surface area contributed by atoms with Gasteiger partial charge in [-0.1, -0.05) is 18.2 Å². The molecule has 5 heteroatoms. The van der Waals surface area contributed by atoms with E-state index >= 15 is 0 Å². The molecule has 21 heavy (non-hydrogen) atoms. The van der Waals surface area contributed by atoms with Gasteiger partial charge in [-0.2, -0.15) is 5.26 Å². The molecular formula is C16H14BrNO3. The van der Waals surface area contributed by atoms with E-state index in [0.29, 0.717) is 29.2 Å². The van der Waals surface area contributed by atoms with E-state index in [-0.39, 0.29) is 6.61 Å². The number of halogens is 1. The largest absolute Gasteiger partial charge is 0.495 e. The quantitative estimate of drug-likeness (QED) is 0.900. The molecule has 2 aromatic carbocycles. The predicted molar refractivity (Wildman–Crippen MR) is 82.1 cm³/mol. The number of rotatable bonds is 5. The van der Waals surface area contributed by atoms with Gasteiger partial charge in [-0.3, -0.25) is 0 Å². The summed E-state index contributed by atoms with van der Waals surface area (Å²) in [6.07, 6.45) is 0. The lowest BCUT2D eigenvalue weighted by Gasteiger charge is -2.13. The van der Waals surface area contributed by atoms with Gasteiger partial charge in [0.05, 0.1) is 23.8 Å². The Balaban J connectivity index is 2.19. The molecule has 0 aromatic heterocycles. The maximum Gasteiger partial charge on any atom is 0.139 e. The van der Waals surface area contributed by atoms with Gasteiger partial charge in [0, 0.05) is 5.56 Å². The van der Waals surface area contributed by atoms with Crippen molar-refractivity contribution in [3.63, 3.8) is 0 Å². The average Bonchev–Trinajstić information content (AvgIpc) is 2.53. The summed E-state index contributed by atoms with van der Waals surface area (Å²) < 4.78 is 11.7. The lowest BCUT2D eigenvalue weighted by Crippen LogP contribution is -2.00. The molecule has 2 rings (SSSR count). The van der Waals surface area contributed by atoms with Crippen molar-refractivity contribution >= 4 is 15.9 Å². The van der Waals surface area contributed by atoms with Gasteiger partial charge >= 0.3 is 0 Å². The number of hydrogen-bond donors (Lipinski definition) is 1. The van der Waals surface area contributed by atoms with Gasteiger partial charge in [0.1, 0.15) is 24.2 Å². The Bertz CT molecular complexity index is 680. The van der Waals surface area contributed by atoms with E-state index in [1.54, 1.807) is 18.2 Å². The zero-order valence-electron chi connectivity index (χ0n) is 11.5. The van der Waals surface area contributed by atoms with Gasteiger partial charge < -0.3 is 14.6 Å². The molecule has 0 fully saturated rings. The summed E-state index contributed by atoms with van der Waals surface area (Å²) in [5.41, 5.74) is 2.08. The van der Waals surface area contributed by atoms with Crippen molar-refractivity contribution in [2.24, 2.45) is 0 Å². The molecule has 0 radical (unpaired) electrons. The summed E-state index contributed by atoms with van der Waals surface area (Å²) in [4.78, 5) is 0. The molecule has 0 unspecified atom stereocenters. The topological polar surface area (TPSA) is 62.5 Å². The summed E-state index contributed by atoms with van der Waals surface area (Å²) in [6, 6.07) is 12.9. The van der Waals surface area contributed by atoms with Crippen molar-refractivity contribution in [3.8, 4) is 17.6 Å². The summed E-state index contributed by atoms with van der Waals surface area (Å²) in [5.74, 6) is 1.14. The molecule has 0 amide bonds. The van der Waals surface area contributed by atoms with Crippen LogP contribution in [0.25, 0.3) is 0 Å². The second-order valence-electron chi connectivity index (χ2n) is 4.32. The monoisotopic (exact) mass is 347 g/mol. The maximum atomic E-state index is 9.33. The van der Waals surface area contributed by atoms with Gasteiger partial charge in [0.15, 0.2) is 0 Å². The number of nitriles is 1. The van der Waals surface area contributed by atoms with Crippen LogP contribution in [0, 0.1) is 11.3 Å². The molecule has 2 aromatic rings. The molecule has 0 aliphatic rings. The van der Waals surface area contributed by atoms with E-state index < -0.39 is 0 Å². The van der Waals surface area contributed by atoms with E-state index in [9.17, 15) is 5.11 Å². The first-order valence-corrected chi connectivity index (χ1v) is 7.07. The zero-order valence-corrected chi connectivity index (χ0v) is 13.1. The highest BCUT2D eigenvalue weighted by Crippen LogP contribution is 2.30. The van der Waals surface area contributed by atoms with Crippen molar-refractivity contribution in [2.45, 2.75) is 13.2 Å². The Labute approximate surface area is 131 Å². The van der Waals surface area contributed by atoms with Gasteiger partial charge in [0.2, 0.25) is 0 Å². The van der Waals surface area contributed by atoms with Crippen LogP contribution < -0.4 is 9.47 Å². The third-order valence-corrected chi connectivity index (χ3v) is 3.61. The van der Waals surface area contributed by atoms with Crippen LogP contribution >= 0.6 is 15.9 Å². The molecular weight excluding hydrogens is 334 g/mol. The van der Waals surface area contributed by atoms with E-state index in [2.05, 4.69) is 22.0 Å². The smallest absolute Gasteiger partial charge is 0.139 e. The normalized spacial score (nSPS) is 10.0. The number of ether oxygens (including phenoxy) is 2. The van der Waals surface area contributed by atoms with Crippen LogP contribution in [0.3, 0.4) is 0 Å². The van der Waals surface area contributed by atoms with Gasteiger partial charge in [-0.05, 0) is 39.7 Å². The molecule has 0 saturated carbocycles. The minimum Gasteiger partial charge on any atom is -0.495 e. The van der Waals surface area contributed by atoms with Gasteiger partial charge in [-0.25, -0.2) is 0 Å². The second kappa shape index (κ2) is 7.11. The van der Waals surface area contributed by atoms with Crippen LogP contribution in [0.15, 0.2) is 40.9 Å². The Hall–Kier alpha value is -2.03. The van der Waals surface area contributed by atoms with Crippen molar-refractivity contribution < 1.29 is 14.6 Å². The highest BCUT2D eigenvalue weighted by atomic mass is 79.9. The molecule has 0 saturated heterocycles. The first-order chi connectivity index (χ1) is 10.2.